The first kappa shape index (κ1) is 20.4. The zero-order valence-electron chi connectivity index (χ0n) is 16.7. The summed E-state index contributed by atoms with van der Waals surface area (Å²) >= 11 is 0. The number of methoxy groups -OCH3 is 1. The normalized spacial score (nSPS) is 11.6. The molecule has 3 aromatic carbocycles. The zero-order valence-corrected chi connectivity index (χ0v) is 16.7. The van der Waals surface area contributed by atoms with Crippen LogP contribution in [0.25, 0.3) is 0 Å². The Morgan fingerprint density at radius 3 is 2.38 bits per heavy atom. The lowest BCUT2D eigenvalue weighted by Gasteiger charge is -2.16. The predicted octanol–water partition coefficient (Wildman–Crippen LogP) is 5.21. The molecule has 0 bridgehead atoms. The standard InChI is InChI=1S/C24H24FNO3/c1-16-4-11-22(12-5-16)29-15-20-14-19(8-13-23(20)28-3)24(27)26-17(2)18-6-9-21(25)10-7-18/h4-14,17H,15H2,1-3H3,(H,26,27). The average Bonchev–Trinajstić information content (AvgIpc) is 2.73. The maximum Gasteiger partial charge on any atom is 0.251 e. The van der Waals surface area contributed by atoms with Crippen molar-refractivity contribution in [2.24, 2.45) is 0 Å². The molecule has 0 saturated carbocycles. The molecular formula is C24H24FNO3. The summed E-state index contributed by atoms with van der Waals surface area (Å²) in [7, 11) is 1.58. The number of hydrogen-bond acceptors (Lipinski definition) is 3. The van der Waals surface area contributed by atoms with Crippen LogP contribution in [-0.4, -0.2) is 13.0 Å². The van der Waals surface area contributed by atoms with Gasteiger partial charge in [0.1, 0.15) is 23.9 Å². The summed E-state index contributed by atoms with van der Waals surface area (Å²) in [5.74, 6) is 0.874. The van der Waals surface area contributed by atoms with E-state index in [1.807, 2.05) is 38.1 Å². The van der Waals surface area contributed by atoms with E-state index in [1.54, 1.807) is 37.4 Å². The van der Waals surface area contributed by atoms with E-state index in [0.717, 1.165) is 22.4 Å². The van der Waals surface area contributed by atoms with Crippen molar-refractivity contribution >= 4 is 5.91 Å². The number of halogens is 1. The second-order valence-corrected chi connectivity index (χ2v) is 6.88. The highest BCUT2D eigenvalue weighted by molar-refractivity contribution is 5.94. The summed E-state index contributed by atoms with van der Waals surface area (Å²) in [4.78, 5) is 12.7. The monoisotopic (exact) mass is 393 g/mol. The molecule has 5 heteroatoms. The van der Waals surface area contributed by atoms with Crippen LogP contribution in [0.2, 0.25) is 0 Å². The van der Waals surface area contributed by atoms with E-state index >= 15 is 0 Å². The van der Waals surface area contributed by atoms with Crippen molar-refractivity contribution < 1.29 is 18.7 Å². The fourth-order valence-corrected chi connectivity index (χ4v) is 2.94. The van der Waals surface area contributed by atoms with Crippen LogP contribution in [0.15, 0.2) is 66.7 Å². The molecule has 0 aliphatic heterocycles. The highest BCUT2D eigenvalue weighted by atomic mass is 19.1. The van der Waals surface area contributed by atoms with E-state index in [-0.39, 0.29) is 24.4 Å². The predicted molar refractivity (Wildman–Crippen MR) is 111 cm³/mol. The maximum atomic E-state index is 13.1. The third kappa shape index (κ3) is 5.35. The third-order valence-corrected chi connectivity index (χ3v) is 4.68. The van der Waals surface area contributed by atoms with Crippen molar-refractivity contribution in [2.45, 2.75) is 26.5 Å². The van der Waals surface area contributed by atoms with Crippen LogP contribution in [0.5, 0.6) is 11.5 Å². The number of carbonyl (C=O) groups excluding carboxylic acids is 1. The lowest BCUT2D eigenvalue weighted by Crippen LogP contribution is -2.26. The first-order chi connectivity index (χ1) is 14.0. The molecular weight excluding hydrogens is 369 g/mol. The van der Waals surface area contributed by atoms with Gasteiger partial charge in [0.2, 0.25) is 0 Å². The summed E-state index contributed by atoms with van der Waals surface area (Å²) in [5, 5.41) is 2.93. The SMILES string of the molecule is COc1ccc(C(=O)NC(C)c2ccc(F)cc2)cc1COc1ccc(C)cc1. The Morgan fingerprint density at radius 2 is 1.72 bits per heavy atom. The van der Waals surface area contributed by atoms with Crippen LogP contribution in [0, 0.1) is 12.7 Å². The summed E-state index contributed by atoms with van der Waals surface area (Å²) < 4.78 is 24.3. The Bertz CT molecular complexity index is 968. The molecule has 0 fully saturated rings. The van der Waals surface area contributed by atoms with Gasteiger partial charge < -0.3 is 14.8 Å². The smallest absolute Gasteiger partial charge is 0.251 e. The minimum absolute atomic E-state index is 0.221. The highest BCUT2D eigenvalue weighted by Gasteiger charge is 2.14. The molecule has 0 heterocycles. The zero-order chi connectivity index (χ0) is 20.8. The Balaban J connectivity index is 1.71. The van der Waals surface area contributed by atoms with Gasteiger partial charge in [-0.3, -0.25) is 4.79 Å². The van der Waals surface area contributed by atoms with Crippen LogP contribution in [0.4, 0.5) is 4.39 Å². The molecule has 1 amide bonds. The topological polar surface area (TPSA) is 47.6 Å². The molecule has 4 nitrogen and oxygen atoms in total. The van der Waals surface area contributed by atoms with Crippen LogP contribution in [0.3, 0.4) is 0 Å². The number of aryl methyl sites for hydroxylation is 1. The van der Waals surface area contributed by atoms with E-state index in [0.29, 0.717) is 11.3 Å². The summed E-state index contributed by atoms with van der Waals surface area (Å²) in [6.07, 6.45) is 0. The fourth-order valence-electron chi connectivity index (χ4n) is 2.94. The van der Waals surface area contributed by atoms with Crippen molar-refractivity contribution in [3.63, 3.8) is 0 Å². The van der Waals surface area contributed by atoms with Gasteiger partial charge in [0.15, 0.2) is 0 Å². The van der Waals surface area contributed by atoms with Crippen molar-refractivity contribution in [1.29, 1.82) is 0 Å². The molecule has 150 valence electrons. The lowest BCUT2D eigenvalue weighted by molar-refractivity contribution is 0.0939. The molecule has 0 spiro atoms. The molecule has 0 aliphatic rings. The number of carbonyl (C=O) groups is 1. The minimum Gasteiger partial charge on any atom is -0.496 e. The summed E-state index contributed by atoms with van der Waals surface area (Å²) in [6.45, 7) is 4.15. The second-order valence-electron chi connectivity index (χ2n) is 6.88. The average molecular weight is 393 g/mol. The van der Waals surface area contributed by atoms with Crippen molar-refractivity contribution in [3.8, 4) is 11.5 Å². The molecule has 0 aromatic heterocycles. The molecule has 0 radical (unpaired) electrons. The molecule has 0 saturated heterocycles. The van der Waals surface area contributed by atoms with Gasteiger partial charge in [0, 0.05) is 11.1 Å². The number of amides is 1. The van der Waals surface area contributed by atoms with Crippen molar-refractivity contribution in [2.75, 3.05) is 7.11 Å². The molecule has 1 unspecified atom stereocenters. The van der Waals surface area contributed by atoms with Gasteiger partial charge in [-0.2, -0.15) is 0 Å². The number of benzene rings is 3. The lowest BCUT2D eigenvalue weighted by atomic mass is 10.1. The third-order valence-electron chi connectivity index (χ3n) is 4.68. The van der Waals surface area contributed by atoms with Gasteiger partial charge in [-0.25, -0.2) is 4.39 Å². The van der Waals surface area contributed by atoms with Crippen molar-refractivity contribution in [3.05, 3.63) is 94.8 Å². The number of hydrogen-bond donors (Lipinski definition) is 1. The minimum atomic E-state index is -0.305. The van der Waals surface area contributed by atoms with Crippen LogP contribution in [0.1, 0.15) is 40.0 Å². The molecule has 3 rings (SSSR count). The number of nitrogens with one attached hydrogen (secondary N) is 1. The Hall–Kier alpha value is -3.34. The largest absolute Gasteiger partial charge is 0.496 e. The fraction of sp³-hybridized carbons (Fsp3) is 0.208. The van der Waals surface area contributed by atoms with Gasteiger partial charge in [-0.15, -0.1) is 0 Å². The van der Waals surface area contributed by atoms with Gasteiger partial charge >= 0.3 is 0 Å². The molecule has 3 aromatic rings. The molecule has 29 heavy (non-hydrogen) atoms. The van der Waals surface area contributed by atoms with Gasteiger partial charge in [-0.1, -0.05) is 29.8 Å². The first-order valence-corrected chi connectivity index (χ1v) is 9.39. The van der Waals surface area contributed by atoms with Gasteiger partial charge in [0.05, 0.1) is 13.2 Å². The molecule has 0 aliphatic carbocycles. The van der Waals surface area contributed by atoms with E-state index in [1.165, 1.54) is 12.1 Å². The maximum absolute atomic E-state index is 13.1. The van der Waals surface area contributed by atoms with E-state index in [2.05, 4.69) is 5.32 Å². The second kappa shape index (κ2) is 9.24. The first-order valence-electron chi connectivity index (χ1n) is 9.39. The van der Waals surface area contributed by atoms with Gasteiger partial charge in [0.25, 0.3) is 5.91 Å². The Morgan fingerprint density at radius 1 is 1.03 bits per heavy atom. The van der Waals surface area contributed by atoms with E-state index in [4.69, 9.17) is 9.47 Å². The summed E-state index contributed by atoms with van der Waals surface area (Å²) in [6, 6.07) is 18.8. The van der Waals surface area contributed by atoms with Gasteiger partial charge in [-0.05, 0) is 61.9 Å². The Kier molecular flexibility index (Phi) is 6.50. The highest BCUT2D eigenvalue weighted by Crippen LogP contribution is 2.23. The molecule has 1 N–H and O–H groups in total. The Labute approximate surface area is 170 Å². The van der Waals surface area contributed by atoms with Crippen LogP contribution < -0.4 is 14.8 Å². The number of rotatable bonds is 7. The number of ether oxygens (including phenoxy) is 2. The van der Waals surface area contributed by atoms with E-state index in [9.17, 15) is 9.18 Å². The van der Waals surface area contributed by atoms with Crippen LogP contribution >= 0.6 is 0 Å². The van der Waals surface area contributed by atoms with E-state index < -0.39 is 0 Å². The summed E-state index contributed by atoms with van der Waals surface area (Å²) in [5.41, 5.74) is 3.26. The van der Waals surface area contributed by atoms with Crippen LogP contribution in [-0.2, 0) is 6.61 Å². The quantitative estimate of drug-likeness (QED) is 0.599. The molecule has 1 atom stereocenters. The van der Waals surface area contributed by atoms with Crippen molar-refractivity contribution in [1.82, 2.24) is 5.32 Å².